The van der Waals surface area contributed by atoms with E-state index in [2.05, 4.69) is 0 Å². The summed E-state index contributed by atoms with van der Waals surface area (Å²) >= 11 is 0. The van der Waals surface area contributed by atoms with Gasteiger partial charge >= 0.3 is 0 Å². The van der Waals surface area contributed by atoms with Crippen molar-refractivity contribution in [3.63, 3.8) is 0 Å². The van der Waals surface area contributed by atoms with Crippen molar-refractivity contribution in [2.24, 2.45) is 0 Å². The van der Waals surface area contributed by atoms with Crippen LogP contribution in [0.25, 0.3) is 0 Å². The fourth-order valence-corrected chi connectivity index (χ4v) is 4.08. The molecule has 19 heavy (non-hydrogen) atoms. The molecule has 7 heteroatoms. The van der Waals surface area contributed by atoms with Crippen molar-refractivity contribution in [1.82, 2.24) is 4.31 Å². The molecule has 1 aliphatic heterocycles. The fraction of sp³-hybridized carbons (Fsp3) is 0.500. The van der Waals surface area contributed by atoms with Gasteiger partial charge < -0.3 is 5.11 Å². The zero-order valence-corrected chi connectivity index (χ0v) is 11.3. The number of aliphatic hydroxyl groups is 1. The van der Waals surface area contributed by atoms with Gasteiger partial charge in [-0.3, -0.25) is 0 Å². The van der Waals surface area contributed by atoms with E-state index in [1.54, 1.807) is 0 Å². The van der Waals surface area contributed by atoms with E-state index in [4.69, 9.17) is 5.11 Å². The van der Waals surface area contributed by atoms with Crippen LogP contribution in [0.5, 0.6) is 0 Å². The Hall–Kier alpha value is -1.05. The first-order valence-electron chi connectivity index (χ1n) is 5.96. The van der Waals surface area contributed by atoms with Gasteiger partial charge in [0.05, 0.1) is 6.61 Å². The maximum Gasteiger partial charge on any atom is 0.246 e. The van der Waals surface area contributed by atoms with Gasteiger partial charge in [-0.2, -0.15) is 4.31 Å². The lowest BCUT2D eigenvalue weighted by molar-refractivity contribution is 0.213. The molecule has 1 aromatic carbocycles. The number of nitrogens with zero attached hydrogens (tertiary/aromatic N) is 1. The van der Waals surface area contributed by atoms with Crippen LogP contribution in [0.1, 0.15) is 18.4 Å². The van der Waals surface area contributed by atoms with Crippen molar-refractivity contribution in [2.45, 2.75) is 30.7 Å². The summed E-state index contributed by atoms with van der Waals surface area (Å²) in [5, 5.41) is 9.15. The van der Waals surface area contributed by atoms with Gasteiger partial charge in [0.2, 0.25) is 10.0 Å². The third kappa shape index (κ3) is 2.50. The molecule has 1 aliphatic rings. The van der Waals surface area contributed by atoms with Crippen LogP contribution < -0.4 is 0 Å². The molecule has 0 saturated carbocycles. The molecule has 0 bridgehead atoms. The highest BCUT2D eigenvalue weighted by Gasteiger charge is 2.36. The Bertz CT molecular complexity index is 589. The van der Waals surface area contributed by atoms with Crippen LogP contribution in [0.4, 0.5) is 8.78 Å². The van der Waals surface area contributed by atoms with E-state index < -0.39 is 32.6 Å². The SMILES string of the molecule is Cc1cc(S(=O)(=O)N2CCC[C@@H]2CO)c(F)cc1F. The van der Waals surface area contributed by atoms with E-state index in [0.29, 0.717) is 18.9 Å². The lowest BCUT2D eigenvalue weighted by atomic mass is 10.2. The molecular weight excluding hydrogens is 276 g/mol. The number of aliphatic hydroxyl groups excluding tert-OH is 1. The van der Waals surface area contributed by atoms with Crippen LogP contribution >= 0.6 is 0 Å². The van der Waals surface area contributed by atoms with Crippen LogP contribution in [0.15, 0.2) is 17.0 Å². The predicted molar refractivity (Wildman–Crippen MR) is 65.1 cm³/mol. The van der Waals surface area contributed by atoms with Crippen LogP contribution in [0.3, 0.4) is 0 Å². The van der Waals surface area contributed by atoms with Crippen molar-refractivity contribution in [1.29, 1.82) is 0 Å². The highest BCUT2D eigenvalue weighted by Crippen LogP contribution is 2.28. The van der Waals surface area contributed by atoms with Crippen LogP contribution in [0, 0.1) is 18.6 Å². The minimum absolute atomic E-state index is 0.0692. The maximum atomic E-state index is 13.7. The predicted octanol–water partition coefficient (Wildman–Crippen LogP) is 1.42. The van der Waals surface area contributed by atoms with Crippen molar-refractivity contribution in [2.75, 3.05) is 13.2 Å². The van der Waals surface area contributed by atoms with Gasteiger partial charge in [-0.05, 0) is 31.4 Å². The van der Waals surface area contributed by atoms with Gasteiger partial charge in [-0.25, -0.2) is 17.2 Å². The topological polar surface area (TPSA) is 57.6 Å². The monoisotopic (exact) mass is 291 g/mol. The van der Waals surface area contributed by atoms with Crippen molar-refractivity contribution >= 4 is 10.0 Å². The number of halogens is 2. The molecule has 2 rings (SSSR count). The smallest absolute Gasteiger partial charge is 0.246 e. The third-order valence-electron chi connectivity index (χ3n) is 3.33. The van der Waals surface area contributed by atoms with Gasteiger partial charge in [0.1, 0.15) is 16.5 Å². The molecule has 0 aliphatic carbocycles. The molecular formula is C12H15F2NO3S. The number of hydrogen-bond acceptors (Lipinski definition) is 3. The minimum Gasteiger partial charge on any atom is -0.395 e. The lowest BCUT2D eigenvalue weighted by Gasteiger charge is -2.22. The molecule has 1 heterocycles. The molecule has 0 spiro atoms. The average molecular weight is 291 g/mol. The summed E-state index contributed by atoms with van der Waals surface area (Å²) in [5.41, 5.74) is 0.0692. The number of aryl methyl sites for hydroxylation is 1. The van der Waals surface area contributed by atoms with Gasteiger partial charge in [-0.1, -0.05) is 0 Å². The first-order chi connectivity index (χ1) is 8.87. The van der Waals surface area contributed by atoms with E-state index >= 15 is 0 Å². The first kappa shape index (κ1) is 14.4. The number of sulfonamides is 1. The zero-order chi connectivity index (χ0) is 14.2. The number of rotatable bonds is 3. The van der Waals surface area contributed by atoms with Gasteiger partial charge in [0.25, 0.3) is 0 Å². The Morgan fingerprint density at radius 1 is 1.37 bits per heavy atom. The Kier molecular flexibility index (Phi) is 3.89. The molecule has 0 radical (unpaired) electrons. The molecule has 0 aromatic heterocycles. The summed E-state index contributed by atoms with van der Waals surface area (Å²) in [5.74, 6) is -1.89. The molecule has 1 saturated heterocycles. The zero-order valence-electron chi connectivity index (χ0n) is 10.4. The Labute approximate surface area is 110 Å². The van der Waals surface area contributed by atoms with E-state index in [-0.39, 0.29) is 18.7 Å². The lowest BCUT2D eigenvalue weighted by Crippen LogP contribution is -2.38. The fourth-order valence-electron chi connectivity index (χ4n) is 2.26. The Morgan fingerprint density at radius 3 is 2.68 bits per heavy atom. The second kappa shape index (κ2) is 5.15. The normalized spacial score (nSPS) is 20.9. The number of benzene rings is 1. The summed E-state index contributed by atoms with van der Waals surface area (Å²) in [4.78, 5) is -0.535. The molecule has 1 fully saturated rings. The van der Waals surface area contributed by atoms with Crippen molar-refractivity contribution in [3.8, 4) is 0 Å². The van der Waals surface area contributed by atoms with E-state index in [9.17, 15) is 17.2 Å². The molecule has 1 N–H and O–H groups in total. The molecule has 0 unspecified atom stereocenters. The van der Waals surface area contributed by atoms with Gasteiger partial charge in [-0.15, -0.1) is 0 Å². The second-order valence-electron chi connectivity index (χ2n) is 4.63. The summed E-state index contributed by atoms with van der Waals surface area (Å²) in [6.07, 6.45) is 1.16. The van der Waals surface area contributed by atoms with Gasteiger partial charge in [0.15, 0.2) is 0 Å². The first-order valence-corrected chi connectivity index (χ1v) is 7.40. The summed E-state index contributed by atoms with van der Waals surface area (Å²) in [7, 11) is -4.04. The molecule has 0 amide bonds. The minimum atomic E-state index is -4.04. The van der Waals surface area contributed by atoms with Gasteiger partial charge in [0, 0.05) is 18.7 Å². The molecule has 106 valence electrons. The van der Waals surface area contributed by atoms with Crippen molar-refractivity contribution in [3.05, 3.63) is 29.3 Å². The summed E-state index contributed by atoms with van der Waals surface area (Å²) in [6.45, 7) is 1.31. The van der Waals surface area contributed by atoms with E-state index in [0.717, 1.165) is 10.4 Å². The quantitative estimate of drug-likeness (QED) is 0.916. The van der Waals surface area contributed by atoms with Crippen molar-refractivity contribution < 1.29 is 22.3 Å². The third-order valence-corrected chi connectivity index (χ3v) is 5.30. The maximum absolute atomic E-state index is 13.7. The Morgan fingerprint density at radius 2 is 2.05 bits per heavy atom. The van der Waals surface area contributed by atoms with E-state index in [1.165, 1.54) is 6.92 Å². The number of hydrogen-bond donors (Lipinski definition) is 1. The Balaban J connectivity index is 2.48. The largest absolute Gasteiger partial charge is 0.395 e. The van der Waals surface area contributed by atoms with Crippen LogP contribution in [0.2, 0.25) is 0 Å². The van der Waals surface area contributed by atoms with Crippen LogP contribution in [-0.2, 0) is 10.0 Å². The van der Waals surface area contributed by atoms with Crippen LogP contribution in [-0.4, -0.2) is 37.0 Å². The standard InChI is InChI=1S/C12H15F2NO3S/c1-8-5-12(11(14)6-10(8)13)19(17,18)15-4-2-3-9(15)7-16/h5-6,9,16H,2-4,7H2,1H3/t9-/m1/s1. The highest BCUT2D eigenvalue weighted by atomic mass is 32.2. The molecule has 4 nitrogen and oxygen atoms in total. The average Bonchev–Trinajstić information content (AvgIpc) is 2.82. The molecule has 1 atom stereocenters. The highest BCUT2D eigenvalue weighted by molar-refractivity contribution is 7.89. The van der Waals surface area contributed by atoms with E-state index in [1.807, 2.05) is 0 Å². The summed E-state index contributed by atoms with van der Waals surface area (Å²) in [6, 6.07) is 1.04. The summed E-state index contributed by atoms with van der Waals surface area (Å²) < 4.78 is 52.6. The molecule has 1 aromatic rings. The second-order valence-corrected chi connectivity index (χ2v) is 6.49.